The van der Waals surface area contributed by atoms with Crippen LogP contribution in [-0.4, -0.2) is 46.7 Å². The maximum Gasteiger partial charge on any atom is 0.243 e. The zero-order chi connectivity index (χ0) is 19.0. The van der Waals surface area contributed by atoms with E-state index < -0.39 is 10.0 Å². The van der Waals surface area contributed by atoms with E-state index >= 15 is 0 Å². The highest BCUT2D eigenvalue weighted by atomic mass is 32.2. The average molecular weight is 391 g/mol. The largest absolute Gasteiger partial charge is 0.493 e. The maximum absolute atomic E-state index is 13.1. The van der Waals surface area contributed by atoms with Crippen molar-refractivity contribution in [1.82, 2.24) is 4.31 Å². The number of nitrogens with zero attached hydrogens (tertiary/aromatic N) is 1. The predicted molar refractivity (Wildman–Crippen MR) is 98.3 cm³/mol. The summed E-state index contributed by atoms with van der Waals surface area (Å²) in [6, 6.07) is 8.49. The van der Waals surface area contributed by atoms with Crippen LogP contribution in [-0.2, 0) is 23.0 Å². The van der Waals surface area contributed by atoms with Gasteiger partial charge in [-0.15, -0.1) is 0 Å². The molecular formula is C19H21NO6S. The van der Waals surface area contributed by atoms with Gasteiger partial charge in [-0.2, -0.15) is 4.31 Å². The Morgan fingerprint density at radius 1 is 0.926 bits per heavy atom. The van der Waals surface area contributed by atoms with Crippen molar-refractivity contribution in [2.75, 3.05) is 34.0 Å². The second-order valence-corrected chi connectivity index (χ2v) is 8.31. The summed E-state index contributed by atoms with van der Waals surface area (Å²) in [6.07, 6.45) is 0.624. The molecular weight excluding hydrogens is 370 g/mol. The highest BCUT2D eigenvalue weighted by Crippen LogP contribution is 2.37. The Morgan fingerprint density at radius 3 is 2.26 bits per heavy atom. The van der Waals surface area contributed by atoms with E-state index in [0.717, 1.165) is 16.9 Å². The molecule has 2 aliphatic rings. The van der Waals surface area contributed by atoms with Crippen molar-refractivity contribution in [2.45, 2.75) is 17.9 Å². The van der Waals surface area contributed by atoms with Crippen LogP contribution in [0, 0.1) is 0 Å². The van der Waals surface area contributed by atoms with Crippen LogP contribution in [0.1, 0.15) is 11.1 Å². The van der Waals surface area contributed by atoms with Gasteiger partial charge in [-0.1, -0.05) is 0 Å². The summed E-state index contributed by atoms with van der Waals surface area (Å²) < 4.78 is 49.4. The van der Waals surface area contributed by atoms with Crippen LogP contribution in [0.4, 0.5) is 0 Å². The Labute approximate surface area is 158 Å². The lowest BCUT2D eigenvalue weighted by molar-refractivity contribution is 0.171. The number of rotatable bonds is 4. The summed E-state index contributed by atoms with van der Waals surface area (Å²) in [7, 11) is -0.661. The molecule has 8 heteroatoms. The molecule has 2 aromatic carbocycles. The Bertz CT molecular complexity index is 972. The Kier molecular flexibility index (Phi) is 4.61. The first kappa shape index (κ1) is 17.9. The highest BCUT2D eigenvalue weighted by Gasteiger charge is 2.30. The molecule has 0 aromatic heterocycles. The first-order valence-electron chi connectivity index (χ1n) is 8.66. The molecule has 0 unspecified atom stereocenters. The molecule has 0 bridgehead atoms. The minimum Gasteiger partial charge on any atom is -0.493 e. The minimum absolute atomic E-state index is 0.182. The summed E-state index contributed by atoms with van der Waals surface area (Å²) in [5.74, 6) is 2.28. The quantitative estimate of drug-likeness (QED) is 0.796. The lowest BCUT2D eigenvalue weighted by Gasteiger charge is -2.30. The molecule has 0 saturated heterocycles. The SMILES string of the molecule is COc1ccc(S(=O)(=O)N2CCc3cc4c(cc3C2)OCCO4)cc1OC. The highest BCUT2D eigenvalue weighted by molar-refractivity contribution is 7.89. The molecule has 0 aliphatic carbocycles. The number of fused-ring (bicyclic) bond motifs is 2. The van der Waals surface area contributed by atoms with Gasteiger partial charge in [0.25, 0.3) is 0 Å². The number of benzene rings is 2. The molecule has 4 rings (SSSR count). The number of ether oxygens (including phenoxy) is 4. The van der Waals surface area contributed by atoms with E-state index in [1.54, 1.807) is 6.07 Å². The molecule has 0 amide bonds. The first-order valence-corrected chi connectivity index (χ1v) is 10.1. The van der Waals surface area contributed by atoms with Crippen molar-refractivity contribution in [1.29, 1.82) is 0 Å². The van der Waals surface area contributed by atoms with Crippen LogP contribution in [0.15, 0.2) is 35.2 Å². The third-order valence-corrected chi connectivity index (χ3v) is 6.68. The molecule has 0 radical (unpaired) electrons. The lowest BCUT2D eigenvalue weighted by Crippen LogP contribution is -2.36. The summed E-state index contributed by atoms with van der Waals surface area (Å²) in [5, 5.41) is 0. The topological polar surface area (TPSA) is 74.3 Å². The van der Waals surface area contributed by atoms with E-state index in [2.05, 4.69) is 0 Å². The van der Waals surface area contributed by atoms with Gasteiger partial charge in [-0.05, 0) is 41.8 Å². The van der Waals surface area contributed by atoms with E-state index in [9.17, 15) is 8.42 Å². The molecule has 2 heterocycles. The van der Waals surface area contributed by atoms with Crippen LogP contribution in [0.2, 0.25) is 0 Å². The molecule has 0 saturated carbocycles. The lowest BCUT2D eigenvalue weighted by atomic mass is 10.00. The van der Waals surface area contributed by atoms with E-state index in [0.29, 0.717) is 50.0 Å². The van der Waals surface area contributed by atoms with Crippen molar-refractivity contribution in [3.05, 3.63) is 41.5 Å². The number of sulfonamides is 1. The smallest absolute Gasteiger partial charge is 0.243 e. The van der Waals surface area contributed by atoms with E-state index in [1.807, 2.05) is 12.1 Å². The van der Waals surface area contributed by atoms with Gasteiger partial charge in [0.15, 0.2) is 23.0 Å². The fourth-order valence-electron chi connectivity index (χ4n) is 3.40. The second-order valence-electron chi connectivity index (χ2n) is 6.37. The zero-order valence-corrected chi connectivity index (χ0v) is 16.0. The summed E-state index contributed by atoms with van der Waals surface area (Å²) in [6.45, 7) is 1.73. The molecule has 0 atom stereocenters. The third kappa shape index (κ3) is 3.19. The number of hydrogen-bond acceptors (Lipinski definition) is 6. The number of hydrogen-bond donors (Lipinski definition) is 0. The van der Waals surface area contributed by atoms with Crippen molar-refractivity contribution in [2.24, 2.45) is 0 Å². The normalized spacial score (nSPS) is 16.5. The van der Waals surface area contributed by atoms with Crippen LogP contribution < -0.4 is 18.9 Å². The van der Waals surface area contributed by atoms with E-state index in [4.69, 9.17) is 18.9 Å². The second kappa shape index (κ2) is 6.94. The van der Waals surface area contributed by atoms with Gasteiger partial charge in [-0.25, -0.2) is 8.42 Å². The molecule has 7 nitrogen and oxygen atoms in total. The summed E-state index contributed by atoms with van der Waals surface area (Å²) >= 11 is 0. The van der Waals surface area contributed by atoms with Gasteiger partial charge in [0.1, 0.15) is 13.2 Å². The van der Waals surface area contributed by atoms with Gasteiger partial charge < -0.3 is 18.9 Å². The molecule has 2 aromatic rings. The maximum atomic E-state index is 13.1. The molecule has 27 heavy (non-hydrogen) atoms. The monoisotopic (exact) mass is 391 g/mol. The molecule has 0 N–H and O–H groups in total. The van der Waals surface area contributed by atoms with E-state index in [-0.39, 0.29) is 4.90 Å². The van der Waals surface area contributed by atoms with Crippen LogP contribution in [0.5, 0.6) is 23.0 Å². The average Bonchev–Trinajstić information content (AvgIpc) is 2.71. The molecule has 0 spiro atoms. The Morgan fingerprint density at radius 2 is 1.59 bits per heavy atom. The summed E-state index contributed by atoms with van der Waals surface area (Å²) in [5.41, 5.74) is 2.03. The molecule has 144 valence electrons. The van der Waals surface area contributed by atoms with Gasteiger partial charge in [0, 0.05) is 19.2 Å². The van der Waals surface area contributed by atoms with Gasteiger partial charge in [0.05, 0.1) is 19.1 Å². The van der Waals surface area contributed by atoms with Gasteiger partial charge in [0.2, 0.25) is 10.0 Å². The van der Waals surface area contributed by atoms with Crippen molar-refractivity contribution < 1.29 is 27.4 Å². The predicted octanol–water partition coefficient (Wildman–Crippen LogP) is 2.22. The van der Waals surface area contributed by atoms with Crippen LogP contribution in [0.3, 0.4) is 0 Å². The Balaban J connectivity index is 1.64. The fourth-order valence-corrected chi connectivity index (χ4v) is 4.83. The zero-order valence-electron chi connectivity index (χ0n) is 15.2. The van der Waals surface area contributed by atoms with Crippen LogP contribution >= 0.6 is 0 Å². The number of methoxy groups -OCH3 is 2. The van der Waals surface area contributed by atoms with Crippen molar-refractivity contribution >= 4 is 10.0 Å². The Hall–Kier alpha value is -2.45. The molecule has 0 fully saturated rings. The van der Waals surface area contributed by atoms with Gasteiger partial charge in [-0.3, -0.25) is 0 Å². The molecule has 2 aliphatic heterocycles. The van der Waals surface area contributed by atoms with Gasteiger partial charge >= 0.3 is 0 Å². The standard InChI is InChI=1S/C19H21NO6S/c1-23-16-4-3-15(11-17(16)24-2)27(21,22)20-6-5-13-9-18-19(10-14(13)12-20)26-8-7-25-18/h3-4,9-11H,5-8,12H2,1-2H3. The third-order valence-electron chi connectivity index (χ3n) is 4.83. The van der Waals surface area contributed by atoms with E-state index in [1.165, 1.54) is 30.7 Å². The van der Waals surface area contributed by atoms with Crippen LogP contribution in [0.25, 0.3) is 0 Å². The fraction of sp³-hybridized carbons (Fsp3) is 0.368. The minimum atomic E-state index is -3.66. The summed E-state index contributed by atoms with van der Waals surface area (Å²) in [4.78, 5) is 0.182. The first-order chi connectivity index (χ1) is 13.0. The van der Waals surface area contributed by atoms with Crippen molar-refractivity contribution in [3.63, 3.8) is 0 Å². The van der Waals surface area contributed by atoms with Crippen molar-refractivity contribution in [3.8, 4) is 23.0 Å².